The minimum Gasteiger partial charge on any atom is -0.347 e. The maximum Gasteiger partial charge on any atom is 0.315 e. The molecule has 0 bridgehead atoms. The molecule has 5 atom stereocenters. The maximum atomic E-state index is 14.5. The van der Waals surface area contributed by atoms with E-state index in [-0.39, 0.29) is 35.0 Å². The fourth-order valence-corrected chi connectivity index (χ4v) is 10.1. The molecule has 1 unspecified atom stereocenters. The van der Waals surface area contributed by atoms with Crippen LogP contribution in [0.15, 0.2) is 0 Å². The number of Topliss-reactive ketones (excluding diaryl/α,β-unsaturated/α-hetero) is 1. The van der Waals surface area contributed by atoms with Crippen molar-refractivity contribution in [2.45, 2.75) is 160 Å². The zero-order valence-corrected chi connectivity index (χ0v) is 32.3. The number of carbonyl (C=O) groups excluding carboxylic acids is 5. The SMILES string of the molecule is CCC(C)(C)S(=O)(=O)CC1(NC(=O)N[C@H](C(=O)N2C[C@H]3[C@@H]([C@H]2C(=O)NC(CC2CC2)C(=O)C(=O)NC2CC2)C3(C)C)C(C)(C)C)CCCCC1. The molecule has 5 amide bonds. The van der Waals surface area contributed by atoms with Crippen molar-refractivity contribution in [3.63, 3.8) is 0 Å². The fourth-order valence-electron chi connectivity index (χ4n) is 8.17. The summed E-state index contributed by atoms with van der Waals surface area (Å²) in [5.74, 6) is -2.12. The van der Waals surface area contributed by atoms with Gasteiger partial charge in [-0.25, -0.2) is 13.2 Å². The second-order valence-corrected chi connectivity index (χ2v) is 21.0. The van der Waals surface area contributed by atoms with Gasteiger partial charge in [0.05, 0.1) is 22.1 Å². The van der Waals surface area contributed by atoms with Crippen LogP contribution >= 0.6 is 0 Å². The van der Waals surface area contributed by atoms with Gasteiger partial charge in [0, 0.05) is 12.6 Å². The second kappa shape index (κ2) is 13.7. The highest BCUT2D eigenvalue weighted by Gasteiger charge is 2.70. The largest absolute Gasteiger partial charge is 0.347 e. The number of sulfone groups is 1. The van der Waals surface area contributed by atoms with Gasteiger partial charge >= 0.3 is 6.03 Å². The van der Waals surface area contributed by atoms with Gasteiger partial charge in [0.25, 0.3) is 5.91 Å². The lowest BCUT2D eigenvalue weighted by atomic mass is 9.83. The Morgan fingerprint density at radius 2 is 1.52 bits per heavy atom. The van der Waals surface area contributed by atoms with Crippen LogP contribution in [-0.2, 0) is 29.0 Å². The molecule has 50 heavy (non-hydrogen) atoms. The molecular formula is C37H61N5O7S. The van der Waals surface area contributed by atoms with Crippen molar-refractivity contribution >= 4 is 39.4 Å². The first kappa shape index (κ1) is 38.5. The Bertz CT molecular complexity index is 1470. The number of hydrogen-bond acceptors (Lipinski definition) is 7. The quantitative estimate of drug-likeness (QED) is 0.199. The molecule has 0 aromatic rings. The Morgan fingerprint density at radius 1 is 0.900 bits per heavy atom. The first-order chi connectivity index (χ1) is 23.1. The van der Waals surface area contributed by atoms with E-state index in [1.807, 2.05) is 27.7 Å². The number of piperidine rings is 1. The number of ketones is 1. The Kier molecular flexibility index (Phi) is 10.6. The monoisotopic (exact) mass is 719 g/mol. The van der Waals surface area contributed by atoms with Crippen molar-refractivity contribution in [1.29, 1.82) is 0 Å². The highest BCUT2D eigenvalue weighted by Crippen LogP contribution is 2.65. The summed E-state index contributed by atoms with van der Waals surface area (Å²) in [6.07, 6.45) is 8.01. The molecule has 1 aliphatic heterocycles. The molecule has 5 fully saturated rings. The van der Waals surface area contributed by atoms with Gasteiger partial charge in [0.15, 0.2) is 9.84 Å². The lowest BCUT2D eigenvalue weighted by molar-refractivity contribution is -0.145. The van der Waals surface area contributed by atoms with Crippen molar-refractivity contribution in [1.82, 2.24) is 26.2 Å². The summed E-state index contributed by atoms with van der Waals surface area (Å²) in [6, 6.07) is -3.43. The predicted molar refractivity (Wildman–Crippen MR) is 191 cm³/mol. The minimum absolute atomic E-state index is 0.0132. The van der Waals surface area contributed by atoms with Crippen LogP contribution in [0.2, 0.25) is 0 Å². The zero-order valence-electron chi connectivity index (χ0n) is 31.4. The molecule has 4 aliphatic carbocycles. The Labute approximate surface area is 298 Å². The normalized spacial score (nSPS) is 27.0. The van der Waals surface area contributed by atoms with Crippen LogP contribution in [0.25, 0.3) is 0 Å². The van der Waals surface area contributed by atoms with E-state index in [9.17, 15) is 32.4 Å². The lowest BCUT2D eigenvalue weighted by Gasteiger charge is -2.41. The van der Waals surface area contributed by atoms with Crippen molar-refractivity contribution in [2.24, 2.45) is 28.6 Å². The number of urea groups is 1. The summed E-state index contributed by atoms with van der Waals surface area (Å²) in [7, 11) is -3.57. The highest BCUT2D eigenvalue weighted by atomic mass is 32.2. The highest BCUT2D eigenvalue weighted by molar-refractivity contribution is 7.92. The third kappa shape index (κ3) is 8.17. The Morgan fingerprint density at radius 3 is 2.06 bits per heavy atom. The van der Waals surface area contributed by atoms with Crippen molar-refractivity contribution < 1.29 is 32.4 Å². The number of fused-ring (bicyclic) bond motifs is 1. The van der Waals surface area contributed by atoms with E-state index in [0.29, 0.717) is 32.2 Å². The van der Waals surface area contributed by atoms with Crippen LogP contribution in [0.1, 0.15) is 126 Å². The van der Waals surface area contributed by atoms with Gasteiger partial charge in [0.1, 0.15) is 12.1 Å². The molecule has 1 saturated heterocycles. The molecule has 0 spiro atoms. The van der Waals surface area contributed by atoms with Gasteiger partial charge in [-0.15, -0.1) is 0 Å². The predicted octanol–water partition coefficient (Wildman–Crippen LogP) is 3.62. The third-order valence-electron chi connectivity index (χ3n) is 12.5. The number of nitrogens with zero attached hydrogens (tertiary/aromatic N) is 1. The lowest BCUT2D eigenvalue weighted by Crippen LogP contribution is -2.64. The molecule has 4 saturated carbocycles. The fraction of sp³-hybridized carbons (Fsp3) is 0.865. The van der Waals surface area contributed by atoms with E-state index in [0.717, 1.165) is 44.9 Å². The Balaban J connectivity index is 1.34. The second-order valence-electron chi connectivity index (χ2n) is 18.4. The topological polar surface area (TPSA) is 171 Å². The van der Waals surface area contributed by atoms with Gasteiger partial charge in [-0.2, -0.15) is 0 Å². The number of likely N-dealkylation sites (tertiary alicyclic amines) is 1. The average Bonchev–Trinajstić information content (AvgIpc) is 3.98. The van der Waals surface area contributed by atoms with Crippen molar-refractivity contribution in [2.75, 3.05) is 12.3 Å². The molecule has 13 heteroatoms. The Hall–Kier alpha value is -2.70. The molecule has 1 heterocycles. The molecule has 5 aliphatic rings. The van der Waals surface area contributed by atoms with Crippen LogP contribution in [0.3, 0.4) is 0 Å². The minimum atomic E-state index is -3.57. The van der Waals surface area contributed by atoms with Crippen molar-refractivity contribution in [3.8, 4) is 0 Å². The van der Waals surface area contributed by atoms with Crippen LogP contribution in [0.5, 0.6) is 0 Å². The molecule has 4 N–H and O–H groups in total. The van der Waals surface area contributed by atoms with Gasteiger partial charge in [-0.3, -0.25) is 19.2 Å². The van der Waals surface area contributed by atoms with Gasteiger partial charge in [0.2, 0.25) is 17.6 Å². The van der Waals surface area contributed by atoms with Crippen molar-refractivity contribution in [3.05, 3.63) is 0 Å². The van der Waals surface area contributed by atoms with Gasteiger partial charge in [-0.05, 0) is 81.0 Å². The summed E-state index contributed by atoms with van der Waals surface area (Å²) in [5.41, 5.74) is -1.89. The summed E-state index contributed by atoms with van der Waals surface area (Å²) >= 11 is 0. The van der Waals surface area contributed by atoms with E-state index < -0.39 is 73.2 Å². The summed E-state index contributed by atoms with van der Waals surface area (Å²) < 4.78 is 26.1. The summed E-state index contributed by atoms with van der Waals surface area (Å²) in [6.45, 7) is 15.3. The number of nitrogens with one attached hydrogen (secondary N) is 4. The molecule has 282 valence electrons. The standard InChI is InChI=1S/C37H61N5O7S/c1-9-35(5,6)50(48,49)21-37(17-11-10-12-18-37)41-33(47)40-29(34(2,3)4)32(46)42-20-24-26(36(24,7)8)27(42)30(44)39-25(19-22-13-14-22)28(43)31(45)38-23-15-16-23/h22-27,29H,9-21H2,1-8H3,(H,38,45)(H,39,44)(H2,40,41,47)/t24-,25?,26-,27-,29+/m0/s1. The van der Waals surface area contributed by atoms with Crippen LogP contribution < -0.4 is 21.3 Å². The third-order valence-corrected chi connectivity index (χ3v) is 15.4. The average molecular weight is 720 g/mol. The van der Waals surface area contributed by atoms with E-state index in [1.165, 1.54) is 0 Å². The first-order valence-electron chi connectivity index (χ1n) is 18.9. The van der Waals surface area contributed by atoms with Gasteiger partial charge in [-0.1, -0.05) is 73.6 Å². The van der Waals surface area contributed by atoms with Gasteiger partial charge < -0.3 is 26.2 Å². The molecule has 0 aromatic heterocycles. The number of amides is 5. The number of carbonyl (C=O) groups is 5. The van der Waals surface area contributed by atoms with Crippen LogP contribution in [0, 0.1) is 28.6 Å². The van der Waals surface area contributed by atoms with E-state index in [2.05, 4.69) is 35.1 Å². The van der Waals surface area contributed by atoms with E-state index >= 15 is 0 Å². The van der Waals surface area contributed by atoms with E-state index in [4.69, 9.17) is 0 Å². The van der Waals surface area contributed by atoms with E-state index in [1.54, 1.807) is 18.7 Å². The zero-order chi connectivity index (χ0) is 37.0. The molecule has 0 aromatic carbocycles. The number of rotatable bonds is 14. The van der Waals surface area contributed by atoms with Crippen LogP contribution in [0.4, 0.5) is 4.79 Å². The summed E-state index contributed by atoms with van der Waals surface area (Å²) in [4.78, 5) is 70.0. The first-order valence-corrected chi connectivity index (χ1v) is 20.5. The number of hydrogen-bond donors (Lipinski definition) is 4. The molecular weight excluding hydrogens is 659 g/mol. The molecule has 12 nitrogen and oxygen atoms in total. The smallest absolute Gasteiger partial charge is 0.315 e. The molecule has 5 rings (SSSR count). The van der Waals surface area contributed by atoms with Crippen LogP contribution in [-0.4, -0.2) is 89.6 Å². The molecule has 0 radical (unpaired) electrons. The summed E-state index contributed by atoms with van der Waals surface area (Å²) in [5, 5.41) is 11.6. The maximum absolute atomic E-state index is 14.5.